The molecule has 3 aromatic rings. The third-order valence-corrected chi connectivity index (χ3v) is 9.02. The van der Waals surface area contributed by atoms with Gasteiger partial charge in [-0.2, -0.15) is 4.39 Å². The molecular weight excluding hydrogens is 554 g/mol. The van der Waals surface area contributed by atoms with Gasteiger partial charge in [-0.05, 0) is 112 Å². The van der Waals surface area contributed by atoms with Crippen molar-refractivity contribution in [2.75, 3.05) is 13.2 Å². The van der Waals surface area contributed by atoms with Crippen molar-refractivity contribution in [3.05, 3.63) is 88.0 Å². The molecule has 2 saturated carbocycles. The van der Waals surface area contributed by atoms with Gasteiger partial charge >= 0.3 is 0 Å². The van der Waals surface area contributed by atoms with Gasteiger partial charge in [-0.3, -0.25) is 0 Å². The highest BCUT2D eigenvalue weighted by molar-refractivity contribution is 5.66. The number of benzene rings is 3. The number of hydrogen-bond acceptors (Lipinski definition) is 2. The predicted molar refractivity (Wildman–Crippen MR) is 150 cm³/mol. The third-order valence-electron chi connectivity index (χ3n) is 9.02. The highest BCUT2D eigenvalue weighted by Crippen LogP contribution is 2.41. The molecule has 3 aromatic carbocycles. The predicted octanol–water partition coefficient (Wildman–Crippen LogP) is 9.91. The van der Waals surface area contributed by atoms with Crippen LogP contribution in [-0.2, 0) is 4.74 Å². The van der Waals surface area contributed by atoms with Crippen LogP contribution in [0.4, 0.5) is 26.3 Å². The Labute approximate surface area is 243 Å². The van der Waals surface area contributed by atoms with E-state index < -0.39 is 34.9 Å². The molecule has 0 aliphatic heterocycles. The Morgan fingerprint density at radius 2 is 1.12 bits per heavy atom. The molecule has 42 heavy (non-hydrogen) atoms. The number of aryl methyl sites for hydroxylation is 1. The average molecular weight is 591 g/mol. The number of hydrogen-bond donors (Lipinski definition) is 0. The van der Waals surface area contributed by atoms with Crippen LogP contribution in [0.1, 0.15) is 86.8 Å². The maximum absolute atomic E-state index is 15.2. The summed E-state index contributed by atoms with van der Waals surface area (Å²) in [5.41, 5.74) is 0.320. The largest absolute Gasteiger partial charge is 0.491 e. The Bertz CT molecular complexity index is 1410. The Morgan fingerprint density at radius 3 is 1.74 bits per heavy atom. The van der Waals surface area contributed by atoms with Gasteiger partial charge in [0.05, 0.1) is 12.7 Å². The molecule has 2 aliphatic carbocycles. The quantitative estimate of drug-likeness (QED) is 0.243. The van der Waals surface area contributed by atoms with Crippen LogP contribution in [0, 0.1) is 47.7 Å². The van der Waals surface area contributed by atoms with Crippen LogP contribution in [0.2, 0.25) is 0 Å². The molecule has 0 N–H and O–H groups in total. The second-order valence-corrected chi connectivity index (χ2v) is 11.6. The minimum Gasteiger partial charge on any atom is -0.491 e. The second-order valence-electron chi connectivity index (χ2n) is 11.6. The molecule has 8 heteroatoms. The molecule has 0 saturated heterocycles. The van der Waals surface area contributed by atoms with Gasteiger partial charge in [0.2, 0.25) is 5.82 Å². The molecule has 0 spiro atoms. The summed E-state index contributed by atoms with van der Waals surface area (Å²) in [6, 6.07) is 8.52. The van der Waals surface area contributed by atoms with Gasteiger partial charge in [-0.1, -0.05) is 24.3 Å². The fraction of sp³-hybridized carbons (Fsp3) is 0.471. The van der Waals surface area contributed by atoms with Gasteiger partial charge in [0.25, 0.3) is 0 Å². The van der Waals surface area contributed by atoms with E-state index in [-0.39, 0.29) is 47.0 Å². The molecular formula is C34H36F6O2. The minimum atomic E-state index is -1.28. The zero-order valence-electron chi connectivity index (χ0n) is 23.9. The van der Waals surface area contributed by atoms with Crippen LogP contribution in [-0.4, -0.2) is 19.3 Å². The molecule has 0 aromatic heterocycles. The SMILES string of the molecule is CCOc1ccc(-c2ccc(C3CCC(COC4CCC(c5ccc(C)c(F)c5F)CC4)CC3)c(F)c2F)c(F)c1F. The number of ether oxygens (including phenoxy) is 2. The van der Waals surface area contributed by atoms with E-state index in [0.29, 0.717) is 36.5 Å². The van der Waals surface area contributed by atoms with Gasteiger partial charge in [0.15, 0.2) is 34.8 Å². The van der Waals surface area contributed by atoms with Gasteiger partial charge in [0, 0.05) is 17.7 Å². The standard InChI is InChI=1S/C34H36F6O2/c1-3-41-28-17-16-27(33(39)34(28)40)26-15-14-25(31(37)32(26)38)21-7-5-20(6-8-21)18-42-23-11-9-22(10-12-23)24-13-4-19(2)29(35)30(24)36/h4,13-17,20-23H,3,5-12,18H2,1-2H3. The normalized spacial score (nSPS) is 22.8. The molecule has 2 aliphatic rings. The Hall–Kier alpha value is -3.00. The van der Waals surface area contributed by atoms with Crippen molar-refractivity contribution in [3.63, 3.8) is 0 Å². The number of rotatable bonds is 8. The molecule has 0 bridgehead atoms. The molecule has 0 amide bonds. The summed E-state index contributed by atoms with van der Waals surface area (Å²) in [6.45, 7) is 3.91. The zero-order valence-corrected chi connectivity index (χ0v) is 23.9. The first-order valence-corrected chi connectivity index (χ1v) is 14.8. The van der Waals surface area contributed by atoms with E-state index in [1.54, 1.807) is 26.0 Å². The minimum absolute atomic E-state index is 0.0120. The van der Waals surface area contributed by atoms with E-state index in [1.807, 2.05) is 0 Å². The van der Waals surface area contributed by atoms with E-state index in [1.165, 1.54) is 24.3 Å². The first-order chi connectivity index (χ1) is 20.2. The van der Waals surface area contributed by atoms with Crippen LogP contribution < -0.4 is 4.74 Å². The molecule has 0 atom stereocenters. The summed E-state index contributed by atoms with van der Waals surface area (Å²) in [6.07, 6.45) is 6.06. The van der Waals surface area contributed by atoms with Crippen molar-refractivity contribution in [2.45, 2.75) is 83.2 Å². The summed E-state index contributed by atoms with van der Waals surface area (Å²) in [5.74, 6) is -6.40. The van der Waals surface area contributed by atoms with Gasteiger partial charge in [-0.25, -0.2) is 22.0 Å². The van der Waals surface area contributed by atoms with Crippen molar-refractivity contribution >= 4 is 0 Å². The lowest BCUT2D eigenvalue weighted by atomic mass is 9.78. The monoisotopic (exact) mass is 590 g/mol. The summed E-state index contributed by atoms with van der Waals surface area (Å²) in [5, 5.41) is 0. The molecule has 0 unspecified atom stereocenters. The second kappa shape index (κ2) is 13.1. The number of halogens is 6. The van der Waals surface area contributed by atoms with Crippen molar-refractivity contribution in [1.82, 2.24) is 0 Å². The lowest BCUT2D eigenvalue weighted by Crippen LogP contribution is -2.26. The van der Waals surface area contributed by atoms with E-state index in [9.17, 15) is 17.6 Å². The summed E-state index contributed by atoms with van der Waals surface area (Å²) in [7, 11) is 0. The highest BCUT2D eigenvalue weighted by Gasteiger charge is 2.30. The van der Waals surface area contributed by atoms with E-state index in [0.717, 1.165) is 38.5 Å². The van der Waals surface area contributed by atoms with Crippen LogP contribution in [0.25, 0.3) is 11.1 Å². The lowest BCUT2D eigenvalue weighted by molar-refractivity contribution is -0.00294. The summed E-state index contributed by atoms with van der Waals surface area (Å²) < 4.78 is 98.9. The van der Waals surface area contributed by atoms with Crippen molar-refractivity contribution in [1.29, 1.82) is 0 Å². The van der Waals surface area contributed by atoms with Crippen LogP contribution >= 0.6 is 0 Å². The van der Waals surface area contributed by atoms with Crippen molar-refractivity contribution in [2.24, 2.45) is 5.92 Å². The smallest absolute Gasteiger partial charge is 0.201 e. The third kappa shape index (κ3) is 6.19. The Kier molecular flexibility index (Phi) is 9.50. The zero-order chi connectivity index (χ0) is 30.0. The lowest BCUT2D eigenvalue weighted by Gasteiger charge is -2.33. The van der Waals surface area contributed by atoms with E-state index >= 15 is 8.78 Å². The average Bonchev–Trinajstić information content (AvgIpc) is 3.00. The molecule has 2 fully saturated rings. The highest BCUT2D eigenvalue weighted by atomic mass is 19.2. The fourth-order valence-corrected chi connectivity index (χ4v) is 6.52. The van der Waals surface area contributed by atoms with E-state index in [4.69, 9.17) is 9.47 Å². The molecule has 2 nitrogen and oxygen atoms in total. The fourth-order valence-electron chi connectivity index (χ4n) is 6.52. The van der Waals surface area contributed by atoms with Crippen LogP contribution in [0.3, 0.4) is 0 Å². The maximum Gasteiger partial charge on any atom is 0.201 e. The van der Waals surface area contributed by atoms with Gasteiger partial charge in [0.1, 0.15) is 0 Å². The Balaban J connectivity index is 1.13. The topological polar surface area (TPSA) is 18.5 Å². The first-order valence-electron chi connectivity index (χ1n) is 14.8. The molecule has 226 valence electrons. The van der Waals surface area contributed by atoms with Crippen molar-refractivity contribution in [3.8, 4) is 16.9 Å². The first kappa shape index (κ1) is 30.5. The molecule has 0 radical (unpaired) electrons. The summed E-state index contributed by atoms with van der Waals surface area (Å²) in [4.78, 5) is 0. The molecule has 0 heterocycles. The summed E-state index contributed by atoms with van der Waals surface area (Å²) >= 11 is 0. The van der Waals surface area contributed by atoms with Gasteiger partial charge in [-0.15, -0.1) is 0 Å². The van der Waals surface area contributed by atoms with E-state index in [2.05, 4.69) is 0 Å². The van der Waals surface area contributed by atoms with Crippen LogP contribution in [0.15, 0.2) is 36.4 Å². The molecule has 5 rings (SSSR count). The Morgan fingerprint density at radius 1 is 0.595 bits per heavy atom. The van der Waals surface area contributed by atoms with Crippen LogP contribution in [0.5, 0.6) is 5.75 Å². The van der Waals surface area contributed by atoms with Crippen molar-refractivity contribution < 1.29 is 35.8 Å². The maximum atomic E-state index is 15.2. The van der Waals surface area contributed by atoms with Gasteiger partial charge < -0.3 is 9.47 Å².